The summed E-state index contributed by atoms with van der Waals surface area (Å²) >= 11 is 0. The molecule has 1 heterocycles. The lowest BCUT2D eigenvalue weighted by Gasteiger charge is -2.29. The second-order valence-corrected chi connectivity index (χ2v) is 5.61. The molecule has 0 spiro atoms. The molecule has 5 heteroatoms. The van der Waals surface area contributed by atoms with Crippen molar-refractivity contribution in [2.75, 3.05) is 19.6 Å². The molecule has 1 unspecified atom stereocenters. The van der Waals surface area contributed by atoms with Crippen molar-refractivity contribution >= 4 is 5.91 Å². The molecule has 21 heavy (non-hydrogen) atoms. The molecule has 1 amide bonds. The van der Waals surface area contributed by atoms with Crippen molar-refractivity contribution in [2.24, 2.45) is 5.92 Å². The van der Waals surface area contributed by atoms with Crippen molar-refractivity contribution in [3.8, 4) is 6.07 Å². The van der Waals surface area contributed by atoms with Crippen LogP contribution in [-0.2, 0) is 4.79 Å². The zero-order valence-corrected chi connectivity index (χ0v) is 12.2. The fraction of sp³-hybridized carbons (Fsp3) is 0.500. The summed E-state index contributed by atoms with van der Waals surface area (Å²) in [6, 6.07) is 7.02. The highest BCUT2D eigenvalue weighted by Crippen LogP contribution is 2.17. The molecule has 1 saturated heterocycles. The van der Waals surface area contributed by atoms with E-state index < -0.39 is 11.9 Å². The van der Waals surface area contributed by atoms with Crippen LogP contribution in [0.15, 0.2) is 24.3 Å². The van der Waals surface area contributed by atoms with Crippen molar-refractivity contribution < 1.29 is 9.18 Å². The first-order chi connectivity index (χ1) is 10.1. The van der Waals surface area contributed by atoms with E-state index in [-0.39, 0.29) is 18.0 Å². The van der Waals surface area contributed by atoms with Crippen LogP contribution in [0.25, 0.3) is 0 Å². The number of nitrogens with zero attached hydrogens (tertiary/aromatic N) is 2. The quantitative estimate of drug-likeness (QED) is 0.925. The Morgan fingerprint density at radius 3 is 2.76 bits per heavy atom. The SMILES string of the molecule is CC1CCN(CC(=O)NC(C#N)c2ccccc2F)CC1. The topological polar surface area (TPSA) is 56.1 Å². The molecule has 112 valence electrons. The first-order valence-corrected chi connectivity index (χ1v) is 7.26. The number of piperidine rings is 1. The van der Waals surface area contributed by atoms with Crippen molar-refractivity contribution in [1.82, 2.24) is 10.2 Å². The Bertz CT molecular complexity index is 533. The zero-order chi connectivity index (χ0) is 15.2. The highest BCUT2D eigenvalue weighted by molar-refractivity contribution is 5.79. The number of nitriles is 1. The van der Waals surface area contributed by atoms with E-state index >= 15 is 0 Å². The number of benzene rings is 1. The van der Waals surface area contributed by atoms with Gasteiger partial charge >= 0.3 is 0 Å². The third-order valence-electron chi connectivity index (χ3n) is 3.89. The largest absolute Gasteiger partial charge is 0.335 e. The van der Waals surface area contributed by atoms with Gasteiger partial charge in [0.2, 0.25) is 5.91 Å². The molecule has 1 aromatic carbocycles. The van der Waals surface area contributed by atoms with Crippen LogP contribution in [0.5, 0.6) is 0 Å². The Labute approximate surface area is 124 Å². The third-order valence-corrected chi connectivity index (χ3v) is 3.89. The normalized spacial score (nSPS) is 18.0. The summed E-state index contributed by atoms with van der Waals surface area (Å²) in [5.74, 6) is -0.00918. The minimum absolute atomic E-state index is 0.209. The fourth-order valence-electron chi connectivity index (χ4n) is 2.52. The van der Waals surface area contributed by atoms with E-state index in [9.17, 15) is 9.18 Å². The van der Waals surface area contributed by atoms with Crippen LogP contribution >= 0.6 is 0 Å². The first kappa shape index (κ1) is 15.5. The molecule has 1 aromatic rings. The Hall–Kier alpha value is -1.93. The van der Waals surface area contributed by atoms with Gasteiger partial charge in [-0.25, -0.2) is 4.39 Å². The van der Waals surface area contributed by atoms with Gasteiger partial charge in [0.1, 0.15) is 11.9 Å². The molecule has 1 N–H and O–H groups in total. The molecule has 0 bridgehead atoms. The molecule has 1 atom stereocenters. The summed E-state index contributed by atoms with van der Waals surface area (Å²) in [6.07, 6.45) is 2.17. The van der Waals surface area contributed by atoms with Gasteiger partial charge < -0.3 is 5.32 Å². The maximum Gasteiger partial charge on any atom is 0.235 e. The van der Waals surface area contributed by atoms with Gasteiger partial charge in [-0.1, -0.05) is 25.1 Å². The molecule has 1 aliphatic heterocycles. The second kappa shape index (κ2) is 7.19. The summed E-state index contributed by atoms with van der Waals surface area (Å²) in [5.41, 5.74) is 0.209. The molecular formula is C16H20FN3O. The molecule has 2 rings (SSSR count). The maximum atomic E-state index is 13.7. The van der Waals surface area contributed by atoms with E-state index in [1.807, 2.05) is 6.07 Å². The van der Waals surface area contributed by atoms with Crippen molar-refractivity contribution in [3.63, 3.8) is 0 Å². The van der Waals surface area contributed by atoms with E-state index in [4.69, 9.17) is 5.26 Å². The fourth-order valence-corrected chi connectivity index (χ4v) is 2.52. The van der Waals surface area contributed by atoms with Crippen LogP contribution in [0.3, 0.4) is 0 Å². The molecule has 0 aromatic heterocycles. The molecule has 1 aliphatic rings. The van der Waals surface area contributed by atoms with E-state index in [0.717, 1.165) is 25.9 Å². The lowest BCUT2D eigenvalue weighted by Crippen LogP contribution is -2.42. The number of nitrogens with one attached hydrogen (secondary N) is 1. The van der Waals surface area contributed by atoms with Gasteiger partial charge in [-0.05, 0) is 37.9 Å². The van der Waals surface area contributed by atoms with Crippen LogP contribution in [-0.4, -0.2) is 30.4 Å². The van der Waals surface area contributed by atoms with Crippen LogP contribution < -0.4 is 5.32 Å². The van der Waals surface area contributed by atoms with E-state index in [2.05, 4.69) is 17.1 Å². The van der Waals surface area contributed by atoms with Gasteiger partial charge in [-0.3, -0.25) is 9.69 Å². The number of rotatable bonds is 4. The number of amides is 1. The highest BCUT2D eigenvalue weighted by Gasteiger charge is 2.21. The Morgan fingerprint density at radius 1 is 1.48 bits per heavy atom. The number of carbonyl (C=O) groups excluding carboxylic acids is 1. The monoisotopic (exact) mass is 289 g/mol. The Morgan fingerprint density at radius 2 is 2.14 bits per heavy atom. The molecule has 1 fully saturated rings. The summed E-state index contributed by atoms with van der Waals surface area (Å²) < 4.78 is 13.7. The first-order valence-electron chi connectivity index (χ1n) is 7.26. The standard InChI is InChI=1S/C16H20FN3O/c1-12-6-8-20(9-7-12)11-16(21)19-15(10-18)13-4-2-3-5-14(13)17/h2-5,12,15H,6-9,11H2,1H3,(H,19,21). The average molecular weight is 289 g/mol. The van der Waals surface area contributed by atoms with Gasteiger partial charge in [-0.15, -0.1) is 0 Å². The van der Waals surface area contributed by atoms with Gasteiger partial charge in [0, 0.05) is 5.56 Å². The minimum Gasteiger partial charge on any atom is -0.335 e. The van der Waals surface area contributed by atoms with Crippen molar-refractivity contribution in [1.29, 1.82) is 5.26 Å². The Kier molecular flexibility index (Phi) is 5.29. The number of hydrogen-bond donors (Lipinski definition) is 1. The summed E-state index contributed by atoms with van der Waals surface area (Å²) in [6.45, 7) is 4.26. The van der Waals surface area contributed by atoms with Gasteiger partial charge in [0.15, 0.2) is 0 Å². The molecular weight excluding hydrogens is 269 g/mol. The number of halogens is 1. The smallest absolute Gasteiger partial charge is 0.235 e. The maximum absolute atomic E-state index is 13.7. The molecule has 0 aliphatic carbocycles. The van der Waals surface area contributed by atoms with E-state index in [0.29, 0.717) is 5.92 Å². The lowest BCUT2D eigenvalue weighted by atomic mass is 9.99. The third kappa shape index (κ3) is 4.27. The second-order valence-electron chi connectivity index (χ2n) is 5.61. The minimum atomic E-state index is -0.942. The van der Waals surface area contributed by atoms with E-state index in [1.54, 1.807) is 12.1 Å². The summed E-state index contributed by atoms with van der Waals surface area (Å²) in [5, 5.41) is 11.7. The summed E-state index contributed by atoms with van der Waals surface area (Å²) in [7, 11) is 0. The number of likely N-dealkylation sites (tertiary alicyclic amines) is 1. The van der Waals surface area contributed by atoms with Crippen molar-refractivity contribution in [2.45, 2.75) is 25.8 Å². The summed E-state index contributed by atoms with van der Waals surface area (Å²) in [4.78, 5) is 14.1. The lowest BCUT2D eigenvalue weighted by molar-refractivity contribution is -0.123. The van der Waals surface area contributed by atoms with Crippen LogP contribution in [0.4, 0.5) is 4.39 Å². The number of carbonyl (C=O) groups is 1. The predicted octanol–water partition coefficient (Wildman–Crippen LogP) is 2.24. The zero-order valence-electron chi connectivity index (χ0n) is 12.2. The van der Waals surface area contributed by atoms with Gasteiger partial charge in [0.25, 0.3) is 0 Å². The Balaban J connectivity index is 1.92. The van der Waals surface area contributed by atoms with Gasteiger partial charge in [0.05, 0.1) is 12.6 Å². The van der Waals surface area contributed by atoms with Crippen LogP contribution in [0.2, 0.25) is 0 Å². The molecule has 0 radical (unpaired) electrons. The molecule has 0 saturated carbocycles. The predicted molar refractivity (Wildman–Crippen MR) is 77.7 cm³/mol. The highest BCUT2D eigenvalue weighted by atomic mass is 19.1. The van der Waals surface area contributed by atoms with Crippen LogP contribution in [0, 0.1) is 23.1 Å². The number of hydrogen-bond acceptors (Lipinski definition) is 3. The van der Waals surface area contributed by atoms with Crippen molar-refractivity contribution in [3.05, 3.63) is 35.6 Å². The van der Waals surface area contributed by atoms with E-state index in [1.165, 1.54) is 12.1 Å². The average Bonchev–Trinajstić information content (AvgIpc) is 2.48. The van der Waals surface area contributed by atoms with Gasteiger partial charge in [-0.2, -0.15) is 5.26 Å². The van der Waals surface area contributed by atoms with Crippen LogP contribution in [0.1, 0.15) is 31.4 Å². The molecule has 4 nitrogen and oxygen atoms in total.